The van der Waals surface area contributed by atoms with Crippen molar-refractivity contribution in [3.05, 3.63) is 107 Å². The number of hydrogen-bond acceptors (Lipinski definition) is 6. The number of thioether (sulfide) groups is 1. The standard InChI is InChI=1S/C28H23F2N5O3S/c1-2-38-26(36)23-21(31-27(37)32-24(23)17-9-5-3-6-10-17)16-39-28-34-33-25(18-11-7-4-8-12-18)35(28)22-14-13-19(29)15-20(22)30/h3-15,24H,2,16H2,1H3,(H2,31,32,37)/t24-/m1/s1. The smallest absolute Gasteiger partial charge is 0.338 e. The summed E-state index contributed by atoms with van der Waals surface area (Å²) in [5.41, 5.74) is 2.01. The molecule has 0 bridgehead atoms. The van der Waals surface area contributed by atoms with E-state index < -0.39 is 29.7 Å². The van der Waals surface area contributed by atoms with Gasteiger partial charge in [0.15, 0.2) is 11.0 Å². The number of amides is 2. The molecule has 0 saturated carbocycles. The molecule has 39 heavy (non-hydrogen) atoms. The first-order valence-corrected chi connectivity index (χ1v) is 13.1. The molecule has 2 N–H and O–H groups in total. The van der Waals surface area contributed by atoms with Gasteiger partial charge in [-0.15, -0.1) is 10.2 Å². The fourth-order valence-corrected chi connectivity index (χ4v) is 5.14. The Morgan fingerprint density at radius 1 is 1.03 bits per heavy atom. The summed E-state index contributed by atoms with van der Waals surface area (Å²) in [6, 6.07) is 20.2. The van der Waals surface area contributed by atoms with Gasteiger partial charge in [-0.1, -0.05) is 72.4 Å². The van der Waals surface area contributed by atoms with E-state index in [2.05, 4.69) is 20.8 Å². The van der Waals surface area contributed by atoms with Crippen LogP contribution in [0.15, 0.2) is 95.3 Å². The van der Waals surface area contributed by atoms with E-state index in [-0.39, 0.29) is 28.8 Å². The summed E-state index contributed by atoms with van der Waals surface area (Å²) >= 11 is 1.14. The van der Waals surface area contributed by atoms with Gasteiger partial charge >= 0.3 is 12.0 Å². The SMILES string of the molecule is CCOC(=O)C1=C(CSc2nnc(-c3ccccc3)n2-c2ccc(F)cc2F)NC(=O)N[C@@H]1c1ccccc1. The molecule has 11 heteroatoms. The number of hydrogen-bond donors (Lipinski definition) is 2. The number of urea groups is 1. The number of benzene rings is 3. The molecule has 8 nitrogen and oxygen atoms in total. The summed E-state index contributed by atoms with van der Waals surface area (Å²) in [5.74, 6) is -1.65. The molecule has 2 heterocycles. The summed E-state index contributed by atoms with van der Waals surface area (Å²) in [6.45, 7) is 1.85. The van der Waals surface area contributed by atoms with Gasteiger partial charge in [-0.3, -0.25) is 4.57 Å². The van der Waals surface area contributed by atoms with E-state index >= 15 is 0 Å². The molecule has 4 aromatic rings. The maximum absolute atomic E-state index is 15.0. The van der Waals surface area contributed by atoms with Crippen LogP contribution in [-0.2, 0) is 9.53 Å². The van der Waals surface area contributed by atoms with Gasteiger partial charge < -0.3 is 15.4 Å². The molecule has 0 radical (unpaired) electrons. The second-order valence-corrected chi connectivity index (χ2v) is 9.39. The third-order valence-electron chi connectivity index (χ3n) is 5.94. The van der Waals surface area contributed by atoms with Crippen LogP contribution in [0.3, 0.4) is 0 Å². The molecule has 0 unspecified atom stereocenters. The number of nitrogens with one attached hydrogen (secondary N) is 2. The first-order valence-electron chi connectivity index (χ1n) is 12.1. The van der Waals surface area contributed by atoms with Gasteiger partial charge in [-0.25, -0.2) is 18.4 Å². The van der Waals surface area contributed by atoms with Crippen molar-refractivity contribution >= 4 is 23.8 Å². The number of rotatable bonds is 8. The molecular formula is C28H23F2N5O3S. The second-order valence-electron chi connectivity index (χ2n) is 8.45. The van der Waals surface area contributed by atoms with Gasteiger partial charge in [0.25, 0.3) is 0 Å². The van der Waals surface area contributed by atoms with Crippen molar-refractivity contribution in [2.75, 3.05) is 12.4 Å². The molecular weight excluding hydrogens is 524 g/mol. The second kappa shape index (κ2) is 11.5. The van der Waals surface area contributed by atoms with Crippen molar-refractivity contribution in [2.45, 2.75) is 18.1 Å². The highest BCUT2D eigenvalue weighted by Gasteiger charge is 2.34. The number of halogens is 2. The fraction of sp³-hybridized carbons (Fsp3) is 0.143. The predicted molar refractivity (Wildman–Crippen MR) is 142 cm³/mol. The number of ether oxygens (including phenoxy) is 1. The Balaban J connectivity index is 1.57. The van der Waals surface area contributed by atoms with Crippen molar-refractivity contribution in [1.29, 1.82) is 0 Å². The van der Waals surface area contributed by atoms with Crippen molar-refractivity contribution in [3.8, 4) is 17.1 Å². The van der Waals surface area contributed by atoms with E-state index in [1.54, 1.807) is 31.2 Å². The summed E-state index contributed by atoms with van der Waals surface area (Å²) in [6.07, 6.45) is 0. The molecule has 0 saturated heterocycles. The Bertz CT molecular complexity index is 1540. The lowest BCUT2D eigenvalue weighted by Crippen LogP contribution is -2.46. The van der Waals surface area contributed by atoms with E-state index in [1.165, 1.54) is 10.6 Å². The average Bonchev–Trinajstić information content (AvgIpc) is 3.36. The van der Waals surface area contributed by atoms with Crippen molar-refractivity contribution in [1.82, 2.24) is 25.4 Å². The van der Waals surface area contributed by atoms with Crippen molar-refractivity contribution in [2.24, 2.45) is 0 Å². The number of aromatic nitrogens is 3. The number of esters is 1. The highest BCUT2D eigenvalue weighted by Crippen LogP contribution is 2.33. The number of carbonyl (C=O) groups is 2. The third-order valence-corrected chi connectivity index (χ3v) is 6.90. The molecule has 0 spiro atoms. The summed E-state index contributed by atoms with van der Waals surface area (Å²) < 4.78 is 35.5. The molecule has 1 atom stereocenters. The van der Waals surface area contributed by atoms with E-state index in [4.69, 9.17) is 4.74 Å². The molecule has 0 aliphatic carbocycles. The molecule has 1 aliphatic rings. The monoisotopic (exact) mass is 547 g/mol. The van der Waals surface area contributed by atoms with Crippen molar-refractivity contribution in [3.63, 3.8) is 0 Å². The lowest BCUT2D eigenvalue weighted by Gasteiger charge is -2.29. The summed E-state index contributed by atoms with van der Waals surface area (Å²) in [7, 11) is 0. The van der Waals surface area contributed by atoms with Gasteiger partial charge in [0.2, 0.25) is 0 Å². The van der Waals surface area contributed by atoms with E-state index in [9.17, 15) is 18.4 Å². The quantitative estimate of drug-likeness (QED) is 0.233. The van der Waals surface area contributed by atoms with Crippen LogP contribution in [0, 0.1) is 11.6 Å². The van der Waals surface area contributed by atoms with Crippen LogP contribution >= 0.6 is 11.8 Å². The Labute approximate surface area is 227 Å². The van der Waals surface area contributed by atoms with E-state index in [1.807, 2.05) is 36.4 Å². The van der Waals surface area contributed by atoms with Gasteiger partial charge in [0, 0.05) is 23.1 Å². The minimum absolute atomic E-state index is 0.0545. The van der Waals surface area contributed by atoms with Crippen LogP contribution in [-0.4, -0.2) is 39.1 Å². The number of carbonyl (C=O) groups excluding carboxylic acids is 2. The van der Waals surface area contributed by atoms with Crippen LogP contribution in [0.1, 0.15) is 18.5 Å². The normalized spacial score (nSPS) is 15.1. The first kappa shape index (κ1) is 26.1. The van der Waals surface area contributed by atoms with Crippen molar-refractivity contribution < 1.29 is 23.1 Å². The minimum atomic E-state index is -0.792. The van der Waals surface area contributed by atoms with E-state index in [0.717, 1.165) is 23.9 Å². The first-order chi connectivity index (χ1) is 19.0. The Morgan fingerprint density at radius 3 is 2.44 bits per heavy atom. The zero-order chi connectivity index (χ0) is 27.4. The fourth-order valence-electron chi connectivity index (χ4n) is 4.23. The van der Waals surface area contributed by atoms with Crippen LogP contribution in [0.2, 0.25) is 0 Å². The summed E-state index contributed by atoms with van der Waals surface area (Å²) in [4.78, 5) is 25.7. The zero-order valence-corrected chi connectivity index (χ0v) is 21.5. The Hall–Kier alpha value is -4.51. The van der Waals surface area contributed by atoms with E-state index in [0.29, 0.717) is 22.6 Å². The molecule has 1 aliphatic heterocycles. The van der Waals surface area contributed by atoms with Crippen LogP contribution < -0.4 is 10.6 Å². The number of nitrogens with zero attached hydrogens (tertiary/aromatic N) is 3. The zero-order valence-electron chi connectivity index (χ0n) is 20.7. The highest BCUT2D eigenvalue weighted by atomic mass is 32.2. The van der Waals surface area contributed by atoms with Gasteiger partial charge in [0.1, 0.15) is 11.6 Å². The van der Waals surface area contributed by atoms with Gasteiger partial charge in [0.05, 0.1) is 23.9 Å². The Kier molecular flexibility index (Phi) is 7.69. The van der Waals surface area contributed by atoms with Crippen LogP contribution in [0.4, 0.5) is 13.6 Å². The molecule has 5 rings (SSSR count). The lowest BCUT2D eigenvalue weighted by molar-refractivity contribution is -0.139. The topological polar surface area (TPSA) is 98.1 Å². The average molecular weight is 548 g/mol. The van der Waals surface area contributed by atoms with Crippen LogP contribution in [0.25, 0.3) is 17.1 Å². The highest BCUT2D eigenvalue weighted by molar-refractivity contribution is 7.99. The Morgan fingerprint density at radius 2 is 1.74 bits per heavy atom. The molecule has 1 aromatic heterocycles. The third kappa shape index (κ3) is 5.53. The van der Waals surface area contributed by atoms with Gasteiger partial charge in [-0.05, 0) is 24.6 Å². The maximum atomic E-state index is 15.0. The minimum Gasteiger partial charge on any atom is -0.463 e. The maximum Gasteiger partial charge on any atom is 0.338 e. The predicted octanol–water partition coefficient (Wildman–Crippen LogP) is 5.18. The largest absolute Gasteiger partial charge is 0.463 e. The lowest BCUT2D eigenvalue weighted by atomic mass is 9.95. The molecule has 2 amide bonds. The molecule has 0 fully saturated rings. The molecule has 3 aromatic carbocycles. The van der Waals surface area contributed by atoms with Crippen LogP contribution in [0.5, 0.6) is 0 Å². The summed E-state index contributed by atoms with van der Waals surface area (Å²) in [5, 5.41) is 14.3. The molecule has 198 valence electrons. The van der Waals surface area contributed by atoms with Gasteiger partial charge in [-0.2, -0.15) is 0 Å².